The van der Waals surface area contributed by atoms with Crippen molar-refractivity contribution in [3.05, 3.63) is 57.6 Å². The fourth-order valence-corrected chi connectivity index (χ4v) is 3.04. The molecule has 1 aromatic heterocycles. The number of nitrogens with zero attached hydrogens (tertiary/aromatic N) is 2. The largest absolute Gasteiger partial charge is 0.292 e. The summed E-state index contributed by atoms with van der Waals surface area (Å²) in [6.07, 6.45) is 0. The summed E-state index contributed by atoms with van der Waals surface area (Å²) >= 11 is 18.5. The van der Waals surface area contributed by atoms with Gasteiger partial charge in [0.15, 0.2) is 0 Å². The zero-order valence-electron chi connectivity index (χ0n) is 11.0. The Kier molecular flexibility index (Phi) is 3.82. The van der Waals surface area contributed by atoms with Gasteiger partial charge in [-0.05, 0) is 30.7 Å². The molecule has 0 amide bonds. The molecule has 0 saturated carbocycles. The zero-order chi connectivity index (χ0) is 15.1. The molecule has 0 bridgehead atoms. The van der Waals surface area contributed by atoms with E-state index in [0.29, 0.717) is 32.6 Å². The summed E-state index contributed by atoms with van der Waals surface area (Å²) in [4.78, 5) is 4.37. The third kappa shape index (κ3) is 2.39. The monoisotopic (exact) mass is 342 g/mol. The van der Waals surface area contributed by atoms with Crippen molar-refractivity contribution >= 4 is 45.8 Å². The molecule has 0 saturated heterocycles. The van der Waals surface area contributed by atoms with Gasteiger partial charge in [-0.1, -0.05) is 29.3 Å². The first kappa shape index (κ1) is 14.6. The molecule has 3 aromatic rings. The quantitative estimate of drug-likeness (QED) is 0.560. The van der Waals surface area contributed by atoms with Crippen LogP contribution in [0.2, 0.25) is 10.0 Å². The Bertz CT molecular complexity index is 822. The van der Waals surface area contributed by atoms with Gasteiger partial charge in [-0.2, -0.15) is 0 Å². The lowest BCUT2D eigenvalue weighted by molar-refractivity contribution is 0.620. The molecular weight excluding hydrogens is 334 g/mol. The van der Waals surface area contributed by atoms with Crippen molar-refractivity contribution in [2.75, 3.05) is 0 Å². The van der Waals surface area contributed by atoms with Crippen LogP contribution in [0.1, 0.15) is 11.4 Å². The SMILES string of the molecule is Cc1cc2c(cc1F)nc(CCl)n2-c1c(Cl)cccc1Cl. The van der Waals surface area contributed by atoms with Crippen LogP contribution in [0.3, 0.4) is 0 Å². The van der Waals surface area contributed by atoms with Crippen LogP contribution in [0, 0.1) is 12.7 Å². The van der Waals surface area contributed by atoms with Gasteiger partial charge in [0, 0.05) is 6.07 Å². The van der Waals surface area contributed by atoms with Gasteiger partial charge in [0.2, 0.25) is 0 Å². The van der Waals surface area contributed by atoms with Gasteiger partial charge in [0.1, 0.15) is 11.6 Å². The standard InChI is InChI=1S/C15H10Cl3FN2/c1-8-5-13-12(6-11(8)19)20-14(7-16)21(13)15-9(17)3-2-4-10(15)18/h2-6H,7H2,1H3. The van der Waals surface area contributed by atoms with E-state index in [2.05, 4.69) is 4.98 Å². The van der Waals surface area contributed by atoms with Gasteiger partial charge >= 0.3 is 0 Å². The summed E-state index contributed by atoms with van der Waals surface area (Å²) in [6, 6.07) is 8.35. The second-order valence-electron chi connectivity index (χ2n) is 4.66. The number of benzene rings is 2. The first-order valence-corrected chi connectivity index (χ1v) is 7.49. The number of hydrogen-bond acceptors (Lipinski definition) is 1. The summed E-state index contributed by atoms with van der Waals surface area (Å²) in [5.41, 5.74) is 2.36. The van der Waals surface area contributed by atoms with E-state index in [-0.39, 0.29) is 11.7 Å². The lowest BCUT2D eigenvalue weighted by Gasteiger charge is -2.12. The second-order valence-corrected chi connectivity index (χ2v) is 5.74. The highest BCUT2D eigenvalue weighted by Gasteiger charge is 2.17. The molecule has 3 rings (SSSR count). The molecule has 1 heterocycles. The average Bonchev–Trinajstić information content (AvgIpc) is 2.77. The Labute approximate surface area is 136 Å². The van der Waals surface area contributed by atoms with Gasteiger partial charge in [0.05, 0.1) is 32.6 Å². The van der Waals surface area contributed by atoms with Gasteiger partial charge in [-0.15, -0.1) is 11.6 Å². The van der Waals surface area contributed by atoms with E-state index in [1.165, 1.54) is 6.07 Å². The number of aromatic nitrogens is 2. The fourth-order valence-electron chi connectivity index (χ4n) is 2.29. The van der Waals surface area contributed by atoms with Gasteiger partial charge in [-0.25, -0.2) is 9.37 Å². The van der Waals surface area contributed by atoms with Crippen LogP contribution in [-0.2, 0) is 5.88 Å². The second kappa shape index (κ2) is 5.48. The molecule has 2 aromatic carbocycles. The van der Waals surface area contributed by atoms with E-state index in [0.717, 1.165) is 5.52 Å². The van der Waals surface area contributed by atoms with E-state index in [4.69, 9.17) is 34.8 Å². The molecule has 108 valence electrons. The molecule has 6 heteroatoms. The van der Waals surface area contributed by atoms with Crippen LogP contribution in [-0.4, -0.2) is 9.55 Å². The van der Waals surface area contributed by atoms with Crippen molar-refractivity contribution in [3.63, 3.8) is 0 Å². The molecule has 2 nitrogen and oxygen atoms in total. The molecule has 0 aliphatic heterocycles. The molecule has 0 aliphatic rings. The van der Waals surface area contributed by atoms with Crippen LogP contribution in [0.5, 0.6) is 0 Å². The maximum atomic E-state index is 13.7. The zero-order valence-corrected chi connectivity index (χ0v) is 13.3. The lowest BCUT2D eigenvalue weighted by Crippen LogP contribution is -2.01. The van der Waals surface area contributed by atoms with E-state index in [1.54, 1.807) is 35.8 Å². The highest BCUT2D eigenvalue weighted by atomic mass is 35.5. The number of alkyl halides is 1. The van der Waals surface area contributed by atoms with Gasteiger partial charge in [-0.3, -0.25) is 4.57 Å². The predicted molar refractivity (Wildman–Crippen MR) is 85.3 cm³/mol. The van der Waals surface area contributed by atoms with E-state index < -0.39 is 0 Å². The van der Waals surface area contributed by atoms with Gasteiger partial charge in [0.25, 0.3) is 0 Å². The molecule has 0 N–H and O–H groups in total. The van der Waals surface area contributed by atoms with Crippen LogP contribution in [0.4, 0.5) is 4.39 Å². The molecule has 0 fully saturated rings. The Balaban J connectivity index is 2.43. The van der Waals surface area contributed by atoms with Crippen LogP contribution >= 0.6 is 34.8 Å². The molecule has 0 radical (unpaired) electrons. The first-order valence-electron chi connectivity index (χ1n) is 6.20. The smallest absolute Gasteiger partial charge is 0.129 e. The molecular formula is C15H10Cl3FN2. The number of hydrogen-bond donors (Lipinski definition) is 0. The van der Waals surface area contributed by atoms with Crippen molar-refractivity contribution in [1.29, 1.82) is 0 Å². The topological polar surface area (TPSA) is 17.8 Å². The van der Waals surface area contributed by atoms with Crippen molar-refractivity contribution < 1.29 is 4.39 Å². The van der Waals surface area contributed by atoms with E-state index in [9.17, 15) is 4.39 Å². The number of rotatable bonds is 2. The number of para-hydroxylation sites is 1. The molecule has 0 atom stereocenters. The summed E-state index contributed by atoms with van der Waals surface area (Å²) in [5.74, 6) is 0.418. The fraction of sp³-hybridized carbons (Fsp3) is 0.133. The molecule has 0 unspecified atom stereocenters. The molecule has 0 spiro atoms. The maximum Gasteiger partial charge on any atom is 0.129 e. The molecule has 21 heavy (non-hydrogen) atoms. The predicted octanol–water partition coefficient (Wildman–Crippen LogP) is 5.52. The highest BCUT2D eigenvalue weighted by molar-refractivity contribution is 6.37. The Morgan fingerprint density at radius 1 is 1.19 bits per heavy atom. The number of imidazole rings is 1. The Morgan fingerprint density at radius 2 is 1.86 bits per heavy atom. The molecule has 0 aliphatic carbocycles. The Hall–Kier alpha value is -1.29. The van der Waals surface area contributed by atoms with Crippen molar-refractivity contribution in [2.24, 2.45) is 0 Å². The minimum absolute atomic E-state index is 0.164. The first-order chi connectivity index (χ1) is 10.0. The van der Waals surface area contributed by atoms with Crippen LogP contribution < -0.4 is 0 Å². The number of halogens is 4. The number of aryl methyl sites for hydroxylation is 1. The van der Waals surface area contributed by atoms with Gasteiger partial charge < -0.3 is 0 Å². The number of fused-ring (bicyclic) bond motifs is 1. The average molecular weight is 344 g/mol. The third-order valence-corrected chi connectivity index (χ3v) is 4.13. The minimum atomic E-state index is -0.307. The minimum Gasteiger partial charge on any atom is -0.292 e. The summed E-state index contributed by atoms with van der Waals surface area (Å²) in [5, 5.41) is 0.963. The summed E-state index contributed by atoms with van der Waals surface area (Å²) in [6.45, 7) is 1.70. The lowest BCUT2D eigenvalue weighted by atomic mass is 10.2. The van der Waals surface area contributed by atoms with Crippen molar-refractivity contribution in [3.8, 4) is 5.69 Å². The van der Waals surface area contributed by atoms with E-state index in [1.807, 2.05) is 0 Å². The third-order valence-electron chi connectivity index (χ3n) is 3.29. The maximum absolute atomic E-state index is 13.7. The van der Waals surface area contributed by atoms with E-state index >= 15 is 0 Å². The van der Waals surface area contributed by atoms with Crippen molar-refractivity contribution in [1.82, 2.24) is 9.55 Å². The van der Waals surface area contributed by atoms with Crippen molar-refractivity contribution in [2.45, 2.75) is 12.8 Å². The normalized spacial score (nSPS) is 11.3. The summed E-state index contributed by atoms with van der Waals surface area (Å²) in [7, 11) is 0. The van der Waals surface area contributed by atoms with Crippen LogP contribution in [0.25, 0.3) is 16.7 Å². The highest BCUT2D eigenvalue weighted by Crippen LogP contribution is 2.33. The van der Waals surface area contributed by atoms with Crippen LogP contribution in [0.15, 0.2) is 30.3 Å². The summed E-state index contributed by atoms with van der Waals surface area (Å²) < 4.78 is 15.5. The Morgan fingerprint density at radius 3 is 2.48 bits per heavy atom.